The van der Waals surface area contributed by atoms with Gasteiger partial charge in [0.2, 0.25) is 0 Å². The second-order valence-electron chi connectivity index (χ2n) is 28.6. The van der Waals surface area contributed by atoms with Crippen LogP contribution in [0.4, 0.5) is 0 Å². The fraction of sp³-hybridized carbons (Fsp3) is 0. The van der Waals surface area contributed by atoms with Gasteiger partial charge in [0.25, 0.3) is 0 Å². The van der Waals surface area contributed by atoms with Crippen LogP contribution in [-0.4, -0.2) is 0 Å². The van der Waals surface area contributed by atoms with E-state index >= 15 is 0 Å². The van der Waals surface area contributed by atoms with Crippen molar-refractivity contribution in [2.75, 3.05) is 0 Å². The van der Waals surface area contributed by atoms with Crippen molar-refractivity contribution in [3.63, 3.8) is 0 Å². The Morgan fingerprint density at radius 3 is 0.821 bits per heavy atom. The minimum absolute atomic E-state index is 0.192. The maximum Gasteiger partial charge on any atom is 0.143 e. The first kappa shape index (κ1) is 53.9. The van der Waals surface area contributed by atoms with Crippen LogP contribution in [0.2, 0.25) is 0 Å². The molecule has 4 nitrogen and oxygen atoms in total. The molecule has 0 fully saturated rings. The first-order chi connectivity index (χ1) is 59.8. The molecule has 24 aromatic rings. The van der Waals surface area contributed by atoms with Gasteiger partial charge in [-0.25, -0.2) is 0 Å². The molecular weight excluding hydrogens is 1360 g/mol. The minimum Gasteiger partial charge on any atom is -0.456 e. The molecule has 0 radical (unpaired) electrons. The number of fused-ring (bicyclic) bond motifs is 18. The molecule has 4 heteroatoms. The third kappa shape index (κ3) is 9.68. The lowest BCUT2D eigenvalue weighted by Gasteiger charge is -2.20. The summed E-state index contributed by atoms with van der Waals surface area (Å²) in [5.41, 5.74) is 20.6. The Labute approximate surface area is 657 Å². The van der Waals surface area contributed by atoms with Crippen LogP contribution in [0.25, 0.3) is 241 Å². The van der Waals surface area contributed by atoms with Crippen molar-refractivity contribution in [2.24, 2.45) is 0 Å². The van der Waals surface area contributed by atoms with E-state index in [-0.39, 0.29) is 59.5 Å². The maximum atomic E-state index is 9.02. The molecule has 0 unspecified atom stereocenters. The van der Waals surface area contributed by atoms with Gasteiger partial charge in [-0.3, -0.25) is 0 Å². The zero-order chi connectivity index (χ0) is 82.2. The molecule has 0 amide bonds. The van der Waals surface area contributed by atoms with Gasteiger partial charge in [0.05, 0.1) is 13.7 Å². The molecule has 0 aliphatic heterocycles. The summed E-state index contributed by atoms with van der Waals surface area (Å²) in [6.45, 7) is 0. The van der Waals surface area contributed by atoms with Crippen molar-refractivity contribution >= 4 is 152 Å². The molecule has 520 valence electrons. The van der Waals surface area contributed by atoms with Crippen molar-refractivity contribution < 1.29 is 31.4 Å². The average molecular weight is 1440 g/mol. The van der Waals surface area contributed by atoms with Crippen molar-refractivity contribution in [2.45, 2.75) is 0 Å². The van der Waals surface area contributed by atoms with Gasteiger partial charge < -0.3 is 17.7 Å². The molecule has 0 aliphatic carbocycles. The van der Waals surface area contributed by atoms with Crippen LogP contribution in [-0.2, 0) is 0 Å². The quantitative estimate of drug-likeness (QED) is 0.142. The van der Waals surface area contributed by atoms with E-state index in [4.69, 9.17) is 31.4 Å². The van der Waals surface area contributed by atoms with Crippen molar-refractivity contribution in [1.82, 2.24) is 0 Å². The Kier molecular flexibility index (Phi) is 12.2. The highest BCUT2D eigenvalue weighted by molar-refractivity contribution is 6.29. The van der Waals surface area contributed by atoms with Gasteiger partial charge in [-0.15, -0.1) is 0 Å². The molecule has 4 aromatic heterocycles. The molecule has 0 N–H and O–H groups in total. The van der Waals surface area contributed by atoms with Crippen molar-refractivity contribution in [3.05, 3.63) is 388 Å². The van der Waals surface area contributed by atoms with Gasteiger partial charge in [0.1, 0.15) is 44.7 Å². The second-order valence-corrected chi connectivity index (χ2v) is 28.6. The van der Waals surface area contributed by atoms with E-state index in [2.05, 4.69) is 194 Å². The van der Waals surface area contributed by atoms with Gasteiger partial charge in [0, 0.05) is 59.8 Å². The molecule has 20 aromatic carbocycles. The van der Waals surface area contributed by atoms with Crippen LogP contribution in [0.3, 0.4) is 0 Å². The highest BCUT2D eigenvalue weighted by Crippen LogP contribution is 2.54. The van der Waals surface area contributed by atoms with Crippen molar-refractivity contribution in [1.29, 1.82) is 0 Å². The first-order valence-electron chi connectivity index (χ1n) is 42.5. The standard InChI is InChI=1S/2C54H32O2/c1-2-15-33(16-3-1)50-37-20-6-8-22-39(37)51(40-23-9-7-21-38(40)50)41-29-30-42(35-18-5-4-17-34(35)41)52-43(31-32-49-53(52)46-24-11-13-28-48(46)55-49)45-26-14-25-44-36-19-10-12-27-47(36)56-54(44)45;1-2-15-33(16-3-1)50-36-19-6-8-21-38(36)51(39-22-9-7-20-37(39)50)41-29-30-42(35-18-5-4-17-34(35)41)53-43(31-32-49-54(53)45-24-11-13-27-47(45)56-49)40-25-14-28-48-52(40)44-23-10-12-26-46(44)55-48/h2*1-32H/i2*1D,2D,3D,15D,16D. The van der Waals surface area contributed by atoms with E-state index in [0.717, 1.165) is 219 Å². The molecule has 0 saturated carbocycles. The molecule has 0 atom stereocenters. The van der Waals surface area contributed by atoms with Gasteiger partial charge in [0.15, 0.2) is 0 Å². The lowest BCUT2D eigenvalue weighted by Crippen LogP contribution is -1.93. The number of furan rings is 4. The van der Waals surface area contributed by atoms with Crippen LogP contribution in [0.1, 0.15) is 13.7 Å². The summed E-state index contributed by atoms with van der Waals surface area (Å²) in [6.07, 6.45) is 0. The highest BCUT2D eigenvalue weighted by Gasteiger charge is 2.28. The molecule has 4 heterocycles. The molecule has 0 bridgehead atoms. The van der Waals surface area contributed by atoms with Crippen molar-refractivity contribution in [3.8, 4) is 89.0 Å². The number of hydrogen-bond donors (Lipinski definition) is 0. The minimum atomic E-state index is -0.410. The predicted molar refractivity (Wildman–Crippen MR) is 471 cm³/mol. The van der Waals surface area contributed by atoms with E-state index in [1.807, 2.05) is 133 Å². The zero-order valence-corrected chi connectivity index (χ0v) is 59.8. The normalized spacial score (nSPS) is 13.2. The Morgan fingerprint density at radius 2 is 0.420 bits per heavy atom. The monoisotopic (exact) mass is 1430 g/mol. The fourth-order valence-corrected chi connectivity index (χ4v) is 18.2. The third-order valence-corrected chi connectivity index (χ3v) is 22.8. The molecule has 24 rings (SSSR count). The Hall–Kier alpha value is -14.8. The molecule has 0 aliphatic rings. The number of rotatable bonds is 8. The highest BCUT2D eigenvalue weighted by atomic mass is 16.3. The Balaban J connectivity index is 0.000000142. The SMILES string of the molecule is [2H]c1c([2H])c([2H])c(-c2c3ccccc3c(-c3ccc(-c4c(-c5cccc6c5oc5ccccc56)ccc5oc6ccccc6c45)c4ccccc34)c3ccccc23)c([2H])c1[2H].[2H]c1c([2H])c([2H])c(-c2c3ccccc3c(-c3ccc(-c4c(-c5cccc6oc7ccccc7c56)ccc5oc6ccccc6c45)c4ccccc34)c3ccccc23)c([2H])c1[2H]. The topological polar surface area (TPSA) is 52.6 Å². The lowest BCUT2D eigenvalue weighted by molar-refractivity contribution is 0.668. The van der Waals surface area contributed by atoms with Gasteiger partial charge >= 0.3 is 0 Å². The van der Waals surface area contributed by atoms with Crippen LogP contribution in [0, 0.1) is 0 Å². The third-order valence-electron chi connectivity index (χ3n) is 22.8. The summed E-state index contributed by atoms with van der Waals surface area (Å²) >= 11 is 0. The number of hydrogen-bond acceptors (Lipinski definition) is 4. The van der Waals surface area contributed by atoms with Gasteiger partial charge in [-0.05, 0) is 192 Å². The Morgan fingerprint density at radius 1 is 0.152 bits per heavy atom. The fourth-order valence-electron chi connectivity index (χ4n) is 18.2. The first-order valence-corrected chi connectivity index (χ1v) is 37.5. The molecular formula is C108H64O4. The van der Waals surface area contributed by atoms with Gasteiger partial charge in [-0.1, -0.05) is 333 Å². The summed E-state index contributed by atoms with van der Waals surface area (Å²) in [5, 5.41) is 19.5. The number of benzene rings is 20. The lowest BCUT2D eigenvalue weighted by atomic mass is 9.82. The van der Waals surface area contributed by atoms with Crippen LogP contribution >= 0.6 is 0 Å². The summed E-state index contributed by atoms with van der Waals surface area (Å²) in [4.78, 5) is 0. The maximum absolute atomic E-state index is 9.02. The molecule has 112 heavy (non-hydrogen) atoms. The summed E-state index contributed by atoms with van der Waals surface area (Å²) in [6, 6.07) is 109. The van der Waals surface area contributed by atoms with Crippen LogP contribution in [0.5, 0.6) is 0 Å². The summed E-state index contributed by atoms with van der Waals surface area (Å²) < 4.78 is 113. The van der Waals surface area contributed by atoms with Crippen LogP contribution in [0.15, 0.2) is 406 Å². The zero-order valence-electron chi connectivity index (χ0n) is 69.8. The smallest absolute Gasteiger partial charge is 0.143 e. The van der Waals surface area contributed by atoms with E-state index in [1.165, 1.54) is 0 Å². The van der Waals surface area contributed by atoms with E-state index in [9.17, 15) is 0 Å². The Bertz CT molecular complexity index is 8510. The molecule has 0 saturated heterocycles. The van der Waals surface area contributed by atoms with E-state index < -0.39 is 12.1 Å². The largest absolute Gasteiger partial charge is 0.456 e. The number of para-hydroxylation sites is 5. The van der Waals surface area contributed by atoms with E-state index in [1.54, 1.807) is 0 Å². The summed E-state index contributed by atoms with van der Waals surface area (Å²) in [7, 11) is 0. The van der Waals surface area contributed by atoms with Crippen LogP contribution < -0.4 is 0 Å². The van der Waals surface area contributed by atoms with Gasteiger partial charge in [-0.2, -0.15) is 0 Å². The van der Waals surface area contributed by atoms with E-state index in [0.29, 0.717) is 11.1 Å². The average Bonchev–Trinajstić information content (AvgIpc) is 1.66. The molecule has 0 spiro atoms. The summed E-state index contributed by atoms with van der Waals surface area (Å²) in [5.74, 6) is 0. The second kappa shape index (κ2) is 25.4. The predicted octanol–water partition coefficient (Wildman–Crippen LogP) is 31.2.